The number of aliphatic hydroxyl groups is 1. The number of hydrogen-bond acceptors (Lipinski definition) is 6. The monoisotopic (exact) mass is 495 g/mol. The molecule has 0 aliphatic heterocycles. The molecular weight excluding hydrogens is 474 g/mol. The second-order valence-corrected chi connectivity index (χ2v) is 9.84. The Balaban J connectivity index is 1.79. The van der Waals surface area contributed by atoms with Gasteiger partial charge in [0.2, 0.25) is 5.91 Å². The van der Waals surface area contributed by atoms with E-state index in [-0.39, 0.29) is 23.8 Å². The standard InChI is InChI=1S/C20H22BrN3O3S2/c1-2-23(12-14-8-9-17(21)29-14)18(26)13-28-20-22-16-7-4-3-6-15(16)19(27)24(20)10-5-11-25/h3-4,6-9,25H,2,5,10-13H2,1H3. The normalized spacial score (nSPS) is 11.1. The molecule has 1 amide bonds. The molecule has 0 aliphatic carbocycles. The van der Waals surface area contributed by atoms with E-state index < -0.39 is 0 Å². The van der Waals surface area contributed by atoms with Gasteiger partial charge >= 0.3 is 0 Å². The zero-order valence-electron chi connectivity index (χ0n) is 16.0. The van der Waals surface area contributed by atoms with Crippen molar-refractivity contribution in [3.8, 4) is 0 Å². The lowest BCUT2D eigenvalue weighted by Crippen LogP contribution is -2.32. The molecule has 0 spiro atoms. The summed E-state index contributed by atoms with van der Waals surface area (Å²) >= 11 is 6.33. The molecule has 3 aromatic rings. The molecule has 3 rings (SSSR count). The van der Waals surface area contributed by atoms with Gasteiger partial charge in [-0.25, -0.2) is 4.98 Å². The summed E-state index contributed by atoms with van der Waals surface area (Å²) in [5.74, 6) is 0.197. The van der Waals surface area contributed by atoms with Crippen molar-refractivity contribution in [2.45, 2.75) is 31.6 Å². The van der Waals surface area contributed by atoms with Crippen LogP contribution in [0.1, 0.15) is 18.2 Å². The maximum atomic E-state index is 12.9. The number of carbonyl (C=O) groups excluding carboxylic acids is 1. The second kappa shape index (κ2) is 10.4. The summed E-state index contributed by atoms with van der Waals surface area (Å²) in [6, 6.07) is 11.2. The molecule has 0 bridgehead atoms. The number of amides is 1. The number of hydrogen-bond donors (Lipinski definition) is 1. The summed E-state index contributed by atoms with van der Waals surface area (Å²) in [6.45, 7) is 3.48. The van der Waals surface area contributed by atoms with Crippen LogP contribution in [0.3, 0.4) is 0 Å². The SMILES string of the molecule is CCN(Cc1ccc(Br)s1)C(=O)CSc1nc2ccccc2c(=O)n1CCCO. The lowest BCUT2D eigenvalue weighted by atomic mass is 10.2. The van der Waals surface area contributed by atoms with E-state index in [1.165, 1.54) is 11.8 Å². The predicted molar refractivity (Wildman–Crippen MR) is 122 cm³/mol. The molecule has 6 nitrogen and oxygen atoms in total. The smallest absolute Gasteiger partial charge is 0.262 e. The van der Waals surface area contributed by atoms with E-state index in [2.05, 4.69) is 20.9 Å². The van der Waals surface area contributed by atoms with E-state index in [9.17, 15) is 14.7 Å². The fourth-order valence-corrected chi connectivity index (χ4v) is 5.33. The first-order chi connectivity index (χ1) is 14.0. The van der Waals surface area contributed by atoms with E-state index in [4.69, 9.17) is 0 Å². The molecular formula is C20H22BrN3O3S2. The fraction of sp³-hybridized carbons (Fsp3) is 0.350. The Morgan fingerprint density at radius 2 is 2.10 bits per heavy atom. The van der Waals surface area contributed by atoms with Gasteiger partial charge in [0, 0.05) is 24.6 Å². The number of aliphatic hydroxyl groups excluding tert-OH is 1. The number of thiophene rings is 1. The Bertz CT molecular complexity index is 1050. The van der Waals surface area contributed by atoms with Crippen LogP contribution in [0.2, 0.25) is 0 Å². The van der Waals surface area contributed by atoms with Gasteiger partial charge in [0.05, 0.1) is 27.0 Å². The molecule has 0 saturated carbocycles. The van der Waals surface area contributed by atoms with Crippen LogP contribution in [0.4, 0.5) is 0 Å². The number of thioether (sulfide) groups is 1. The highest BCUT2D eigenvalue weighted by Gasteiger charge is 2.17. The molecule has 9 heteroatoms. The van der Waals surface area contributed by atoms with Gasteiger partial charge in [-0.1, -0.05) is 23.9 Å². The summed E-state index contributed by atoms with van der Waals surface area (Å²) in [5, 5.41) is 10.2. The van der Waals surface area contributed by atoms with Crippen molar-refractivity contribution < 1.29 is 9.90 Å². The van der Waals surface area contributed by atoms with Crippen LogP contribution in [0.15, 0.2) is 50.1 Å². The van der Waals surface area contributed by atoms with Crippen LogP contribution in [-0.2, 0) is 17.9 Å². The van der Waals surface area contributed by atoms with Gasteiger partial charge in [-0.3, -0.25) is 14.2 Å². The van der Waals surface area contributed by atoms with E-state index >= 15 is 0 Å². The highest BCUT2D eigenvalue weighted by atomic mass is 79.9. The first-order valence-corrected chi connectivity index (χ1v) is 11.9. The molecule has 1 N–H and O–H groups in total. The molecule has 0 radical (unpaired) electrons. The maximum absolute atomic E-state index is 12.9. The number of rotatable bonds is 9. The minimum atomic E-state index is -0.144. The topological polar surface area (TPSA) is 75.4 Å². The molecule has 1 aromatic carbocycles. The van der Waals surface area contributed by atoms with Crippen molar-refractivity contribution >= 4 is 55.8 Å². The van der Waals surface area contributed by atoms with Gasteiger partial charge in [-0.05, 0) is 53.5 Å². The predicted octanol–water partition coefficient (Wildman–Crippen LogP) is 3.74. The van der Waals surface area contributed by atoms with Gasteiger partial charge in [0.1, 0.15) is 0 Å². The van der Waals surface area contributed by atoms with E-state index in [1.54, 1.807) is 39.0 Å². The van der Waals surface area contributed by atoms with Crippen LogP contribution in [0, 0.1) is 0 Å². The fourth-order valence-electron chi connectivity index (χ4n) is 2.90. The van der Waals surface area contributed by atoms with Crippen LogP contribution in [0.25, 0.3) is 10.9 Å². The highest BCUT2D eigenvalue weighted by Crippen LogP contribution is 2.24. The quantitative estimate of drug-likeness (QED) is 0.361. The molecule has 2 aromatic heterocycles. The van der Waals surface area contributed by atoms with Gasteiger partial charge in [0.25, 0.3) is 5.56 Å². The molecule has 2 heterocycles. The maximum Gasteiger partial charge on any atom is 0.262 e. The molecule has 0 fully saturated rings. The van der Waals surface area contributed by atoms with Gasteiger partial charge in [0.15, 0.2) is 5.16 Å². The van der Waals surface area contributed by atoms with Crippen LogP contribution in [0.5, 0.6) is 0 Å². The average Bonchev–Trinajstić information content (AvgIpc) is 3.14. The summed E-state index contributed by atoms with van der Waals surface area (Å²) in [4.78, 5) is 33.1. The van der Waals surface area contributed by atoms with Gasteiger partial charge < -0.3 is 10.0 Å². The molecule has 0 unspecified atom stereocenters. The number of carbonyl (C=O) groups is 1. The summed E-state index contributed by atoms with van der Waals surface area (Å²) in [6.07, 6.45) is 0.454. The van der Waals surface area contributed by atoms with Crippen molar-refractivity contribution in [1.29, 1.82) is 0 Å². The van der Waals surface area contributed by atoms with E-state index in [0.717, 1.165) is 8.66 Å². The number of nitrogens with zero attached hydrogens (tertiary/aromatic N) is 3. The van der Waals surface area contributed by atoms with Crippen molar-refractivity contribution in [1.82, 2.24) is 14.5 Å². The third-order valence-electron chi connectivity index (χ3n) is 4.40. The van der Waals surface area contributed by atoms with Crippen molar-refractivity contribution in [3.63, 3.8) is 0 Å². The van der Waals surface area contributed by atoms with Crippen molar-refractivity contribution in [2.75, 3.05) is 18.9 Å². The Morgan fingerprint density at radius 3 is 2.79 bits per heavy atom. The minimum Gasteiger partial charge on any atom is -0.396 e. The number of halogens is 1. The Morgan fingerprint density at radius 1 is 1.31 bits per heavy atom. The first-order valence-electron chi connectivity index (χ1n) is 9.28. The first kappa shape index (κ1) is 22.0. The average molecular weight is 496 g/mol. The lowest BCUT2D eigenvalue weighted by molar-refractivity contribution is -0.128. The molecule has 0 atom stereocenters. The van der Waals surface area contributed by atoms with Gasteiger partial charge in [-0.15, -0.1) is 11.3 Å². The molecule has 154 valence electrons. The highest BCUT2D eigenvalue weighted by molar-refractivity contribution is 9.11. The van der Waals surface area contributed by atoms with E-state index in [0.29, 0.717) is 42.1 Å². The third-order valence-corrected chi connectivity index (χ3v) is 6.97. The number of aromatic nitrogens is 2. The summed E-state index contributed by atoms with van der Waals surface area (Å²) < 4.78 is 2.60. The summed E-state index contributed by atoms with van der Waals surface area (Å²) in [7, 11) is 0. The Labute approximate surface area is 185 Å². The molecule has 0 saturated heterocycles. The van der Waals surface area contributed by atoms with Crippen LogP contribution < -0.4 is 5.56 Å². The third kappa shape index (κ3) is 5.48. The van der Waals surface area contributed by atoms with Crippen molar-refractivity contribution in [3.05, 3.63) is 55.4 Å². The lowest BCUT2D eigenvalue weighted by Gasteiger charge is -2.20. The minimum absolute atomic E-state index is 0.00172. The van der Waals surface area contributed by atoms with Crippen molar-refractivity contribution in [2.24, 2.45) is 0 Å². The number of benzene rings is 1. The Kier molecular flexibility index (Phi) is 7.88. The van der Waals surface area contributed by atoms with Crippen LogP contribution >= 0.6 is 39.0 Å². The zero-order valence-corrected chi connectivity index (χ0v) is 19.2. The van der Waals surface area contributed by atoms with Crippen LogP contribution in [-0.4, -0.2) is 44.4 Å². The molecule has 0 aliphatic rings. The van der Waals surface area contributed by atoms with E-state index in [1.807, 2.05) is 25.1 Å². The van der Waals surface area contributed by atoms with Gasteiger partial charge in [-0.2, -0.15) is 0 Å². The number of fused-ring (bicyclic) bond motifs is 1. The Hall–Kier alpha value is -1.68. The largest absolute Gasteiger partial charge is 0.396 e. The zero-order chi connectivity index (χ0) is 20.8. The second-order valence-electron chi connectivity index (χ2n) is 6.35. The molecule has 29 heavy (non-hydrogen) atoms. The summed E-state index contributed by atoms with van der Waals surface area (Å²) in [5.41, 5.74) is 0.471. The number of para-hydroxylation sites is 1.